The standard InChI is InChI=1S/C15H24N2O/c1-12-10-17(11-13(2)18-12)15(9-16-3)14-7-5-4-6-8-14/h4-8,12-13,15-16H,9-11H2,1-3H3. The van der Waals surface area contributed by atoms with E-state index >= 15 is 0 Å². The zero-order valence-corrected chi connectivity index (χ0v) is 11.6. The van der Waals surface area contributed by atoms with Crippen molar-refractivity contribution in [2.45, 2.75) is 32.1 Å². The van der Waals surface area contributed by atoms with Crippen LogP contribution in [0.5, 0.6) is 0 Å². The summed E-state index contributed by atoms with van der Waals surface area (Å²) in [6.07, 6.45) is 0.633. The van der Waals surface area contributed by atoms with E-state index in [1.807, 2.05) is 7.05 Å². The first-order valence-electron chi connectivity index (χ1n) is 6.79. The molecule has 3 unspecified atom stereocenters. The first-order chi connectivity index (χ1) is 8.70. The highest BCUT2D eigenvalue weighted by Gasteiger charge is 2.28. The number of hydrogen-bond acceptors (Lipinski definition) is 3. The summed E-state index contributed by atoms with van der Waals surface area (Å²) >= 11 is 0. The Kier molecular flexibility index (Phi) is 4.75. The zero-order chi connectivity index (χ0) is 13.0. The van der Waals surface area contributed by atoms with Gasteiger partial charge in [0.2, 0.25) is 0 Å². The van der Waals surface area contributed by atoms with Crippen LogP contribution in [-0.2, 0) is 4.74 Å². The Labute approximate surface area is 110 Å². The number of rotatable bonds is 4. The predicted octanol–water partition coefficient (Wildman–Crippen LogP) is 2.06. The van der Waals surface area contributed by atoms with E-state index in [0.717, 1.165) is 19.6 Å². The molecule has 1 aromatic carbocycles. The summed E-state index contributed by atoms with van der Waals surface area (Å²) in [5.41, 5.74) is 1.38. The number of nitrogens with zero attached hydrogens (tertiary/aromatic N) is 1. The molecule has 1 heterocycles. The van der Waals surface area contributed by atoms with Gasteiger partial charge >= 0.3 is 0 Å². The van der Waals surface area contributed by atoms with E-state index in [-0.39, 0.29) is 0 Å². The Morgan fingerprint density at radius 1 is 1.22 bits per heavy atom. The second-order valence-electron chi connectivity index (χ2n) is 5.20. The molecular weight excluding hydrogens is 224 g/mol. The van der Waals surface area contributed by atoms with Gasteiger partial charge in [-0.25, -0.2) is 0 Å². The Hall–Kier alpha value is -0.900. The van der Waals surface area contributed by atoms with Crippen molar-refractivity contribution in [2.75, 3.05) is 26.7 Å². The fourth-order valence-corrected chi connectivity index (χ4v) is 2.80. The quantitative estimate of drug-likeness (QED) is 0.882. The second-order valence-corrected chi connectivity index (χ2v) is 5.20. The molecule has 0 amide bonds. The van der Waals surface area contributed by atoms with Gasteiger partial charge in [0.1, 0.15) is 0 Å². The van der Waals surface area contributed by atoms with Gasteiger partial charge in [-0.2, -0.15) is 0 Å². The Balaban J connectivity index is 2.14. The highest BCUT2D eigenvalue weighted by molar-refractivity contribution is 5.19. The molecule has 3 heteroatoms. The molecule has 1 aromatic rings. The van der Waals surface area contributed by atoms with Gasteiger partial charge in [0.15, 0.2) is 0 Å². The van der Waals surface area contributed by atoms with Crippen molar-refractivity contribution >= 4 is 0 Å². The van der Waals surface area contributed by atoms with Crippen molar-refractivity contribution in [1.82, 2.24) is 10.2 Å². The lowest BCUT2D eigenvalue weighted by Gasteiger charge is -2.40. The van der Waals surface area contributed by atoms with Crippen LogP contribution in [0.3, 0.4) is 0 Å². The summed E-state index contributed by atoms with van der Waals surface area (Å²) in [6, 6.07) is 11.2. The molecule has 1 fully saturated rings. The topological polar surface area (TPSA) is 24.5 Å². The van der Waals surface area contributed by atoms with Gasteiger partial charge < -0.3 is 10.1 Å². The monoisotopic (exact) mass is 248 g/mol. The molecular formula is C15H24N2O. The highest BCUT2D eigenvalue weighted by atomic mass is 16.5. The van der Waals surface area contributed by atoms with Gasteiger partial charge in [0, 0.05) is 25.7 Å². The minimum atomic E-state index is 0.316. The summed E-state index contributed by atoms with van der Waals surface area (Å²) in [4.78, 5) is 2.53. The van der Waals surface area contributed by atoms with Crippen molar-refractivity contribution < 1.29 is 4.74 Å². The van der Waals surface area contributed by atoms with Crippen molar-refractivity contribution in [2.24, 2.45) is 0 Å². The second kappa shape index (κ2) is 6.32. The largest absolute Gasteiger partial charge is 0.373 e. The molecule has 0 bridgehead atoms. The number of morpholine rings is 1. The minimum absolute atomic E-state index is 0.316. The third-order valence-electron chi connectivity index (χ3n) is 3.47. The van der Waals surface area contributed by atoms with Crippen LogP contribution in [-0.4, -0.2) is 43.8 Å². The minimum Gasteiger partial charge on any atom is -0.373 e. The van der Waals surface area contributed by atoms with E-state index in [4.69, 9.17) is 4.74 Å². The lowest BCUT2D eigenvalue weighted by Crippen LogP contribution is -2.48. The number of hydrogen-bond donors (Lipinski definition) is 1. The normalized spacial score (nSPS) is 27.1. The molecule has 3 atom stereocenters. The Morgan fingerprint density at radius 2 is 1.83 bits per heavy atom. The fraction of sp³-hybridized carbons (Fsp3) is 0.600. The molecule has 0 aliphatic carbocycles. The number of nitrogens with one attached hydrogen (secondary N) is 1. The third kappa shape index (κ3) is 3.31. The molecule has 1 saturated heterocycles. The highest BCUT2D eigenvalue weighted by Crippen LogP contribution is 2.24. The molecule has 1 N–H and O–H groups in total. The molecule has 0 aromatic heterocycles. The van der Waals surface area contributed by atoms with E-state index in [1.165, 1.54) is 5.56 Å². The zero-order valence-electron chi connectivity index (χ0n) is 11.6. The summed E-state index contributed by atoms with van der Waals surface area (Å²) in [7, 11) is 2.02. The average Bonchev–Trinajstić information content (AvgIpc) is 2.36. The molecule has 100 valence electrons. The van der Waals surface area contributed by atoms with Gasteiger partial charge in [-0.1, -0.05) is 30.3 Å². The summed E-state index contributed by atoms with van der Waals surface area (Å²) in [5, 5.41) is 3.31. The molecule has 1 aliphatic rings. The molecule has 18 heavy (non-hydrogen) atoms. The van der Waals surface area contributed by atoms with Crippen molar-refractivity contribution in [1.29, 1.82) is 0 Å². The van der Waals surface area contributed by atoms with Crippen molar-refractivity contribution in [3.63, 3.8) is 0 Å². The molecule has 0 spiro atoms. The third-order valence-corrected chi connectivity index (χ3v) is 3.47. The van der Waals surface area contributed by atoms with Crippen molar-refractivity contribution in [3.8, 4) is 0 Å². The maximum atomic E-state index is 5.82. The average molecular weight is 248 g/mol. The van der Waals surface area contributed by atoms with E-state index in [9.17, 15) is 0 Å². The summed E-state index contributed by atoms with van der Waals surface area (Å²) in [6.45, 7) is 7.30. The summed E-state index contributed by atoms with van der Waals surface area (Å²) in [5.74, 6) is 0. The maximum absolute atomic E-state index is 5.82. The number of ether oxygens (including phenoxy) is 1. The molecule has 3 nitrogen and oxygen atoms in total. The fourth-order valence-electron chi connectivity index (χ4n) is 2.80. The van der Waals surface area contributed by atoms with Gasteiger partial charge in [0.25, 0.3) is 0 Å². The SMILES string of the molecule is CNCC(c1ccccc1)N1CC(C)OC(C)C1. The maximum Gasteiger partial charge on any atom is 0.0678 e. The number of benzene rings is 1. The van der Waals surface area contributed by atoms with Crippen LogP contribution in [0.4, 0.5) is 0 Å². The first-order valence-corrected chi connectivity index (χ1v) is 6.79. The van der Waals surface area contributed by atoms with Crippen LogP contribution >= 0.6 is 0 Å². The van der Waals surface area contributed by atoms with Gasteiger partial charge in [-0.15, -0.1) is 0 Å². The predicted molar refractivity (Wildman–Crippen MR) is 74.7 cm³/mol. The van der Waals surface area contributed by atoms with E-state index in [1.54, 1.807) is 0 Å². The summed E-state index contributed by atoms with van der Waals surface area (Å²) < 4.78 is 5.82. The van der Waals surface area contributed by atoms with Crippen LogP contribution in [0.1, 0.15) is 25.5 Å². The van der Waals surface area contributed by atoms with Crippen LogP contribution in [0.2, 0.25) is 0 Å². The molecule has 0 saturated carbocycles. The molecule has 0 radical (unpaired) electrons. The van der Waals surface area contributed by atoms with Crippen molar-refractivity contribution in [3.05, 3.63) is 35.9 Å². The van der Waals surface area contributed by atoms with E-state index in [2.05, 4.69) is 54.4 Å². The lowest BCUT2D eigenvalue weighted by atomic mass is 10.0. The Bertz CT molecular complexity index is 345. The van der Waals surface area contributed by atoms with Crippen LogP contribution < -0.4 is 5.32 Å². The van der Waals surface area contributed by atoms with Gasteiger partial charge in [-0.3, -0.25) is 4.90 Å². The van der Waals surface area contributed by atoms with Crippen LogP contribution in [0, 0.1) is 0 Å². The first kappa shape index (κ1) is 13.5. The van der Waals surface area contributed by atoms with Crippen LogP contribution in [0.15, 0.2) is 30.3 Å². The number of likely N-dealkylation sites (N-methyl/N-ethyl adjacent to an activating group) is 1. The Morgan fingerprint density at radius 3 is 2.39 bits per heavy atom. The smallest absolute Gasteiger partial charge is 0.0678 e. The van der Waals surface area contributed by atoms with Gasteiger partial charge in [0.05, 0.1) is 12.2 Å². The molecule has 2 rings (SSSR count). The van der Waals surface area contributed by atoms with Gasteiger partial charge in [-0.05, 0) is 26.5 Å². The molecule has 1 aliphatic heterocycles. The van der Waals surface area contributed by atoms with Crippen LogP contribution in [0.25, 0.3) is 0 Å². The van der Waals surface area contributed by atoms with E-state index in [0.29, 0.717) is 18.2 Å². The van der Waals surface area contributed by atoms with E-state index < -0.39 is 0 Å². The lowest BCUT2D eigenvalue weighted by molar-refractivity contribution is -0.0805.